The number of hydrogen-bond acceptors (Lipinski definition) is 3. The molecule has 0 unspecified atom stereocenters. The molecule has 3 heteroatoms. The molecule has 0 aliphatic carbocycles. The summed E-state index contributed by atoms with van der Waals surface area (Å²) >= 11 is 0. The van der Waals surface area contributed by atoms with Crippen LogP contribution in [0, 0.1) is 0 Å². The molecular weight excluding hydrogens is 192 g/mol. The monoisotopic (exact) mass is 210 g/mol. The number of methoxy groups -OCH3 is 1. The van der Waals surface area contributed by atoms with Crippen molar-refractivity contribution in [3.63, 3.8) is 0 Å². The maximum atomic E-state index is 8.59. The molecule has 0 amide bonds. The Morgan fingerprint density at radius 3 is 2.27 bits per heavy atom. The third-order valence-corrected chi connectivity index (χ3v) is 2.13. The molecule has 3 nitrogen and oxygen atoms in total. The molecule has 0 aromatic heterocycles. The van der Waals surface area contributed by atoms with E-state index in [0.29, 0.717) is 6.61 Å². The van der Waals surface area contributed by atoms with Crippen LogP contribution in [0.3, 0.4) is 0 Å². The van der Waals surface area contributed by atoms with Gasteiger partial charge in [0, 0.05) is 6.61 Å². The van der Waals surface area contributed by atoms with Crippen LogP contribution in [-0.4, -0.2) is 25.4 Å². The summed E-state index contributed by atoms with van der Waals surface area (Å²) in [7, 11) is 1.64. The quantitative estimate of drug-likeness (QED) is 0.701. The van der Waals surface area contributed by atoms with Gasteiger partial charge in [0.05, 0.1) is 13.7 Å². The van der Waals surface area contributed by atoms with E-state index in [2.05, 4.69) is 0 Å². The van der Waals surface area contributed by atoms with Crippen LogP contribution in [0.1, 0.15) is 19.3 Å². The summed E-state index contributed by atoms with van der Waals surface area (Å²) in [6.45, 7) is 0.967. The van der Waals surface area contributed by atoms with Crippen LogP contribution < -0.4 is 9.47 Å². The maximum Gasteiger partial charge on any atom is 0.119 e. The number of aliphatic hydroxyl groups is 1. The molecule has 84 valence electrons. The van der Waals surface area contributed by atoms with Crippen molar-refractivity contribution < 1.29 is 14.6 Å². The van der Waals surface area contributed by atoms with Crippen LogP contribution in [0.2, 0.25) is 0 Å². The van der Waals surface area contributed by atoms with Gasteiger partial charge in [-0.2, -0.15) is 0 Å². The van der Waals surface area contributed by atoms with Gasteiger partial charge >= 0.3 is 0 Å². The van der Waals surface area contributed by atoms with E-state index in [4.69, 9.17) is 14.6 Å². The number of ether oxygens (including phenoxy) is 2. The fourth-order valence-corrected chi connectivity index (χ4v) is 1.25. The Kier molecular flexibility index (Phi) is 5.63. The summed E-state index contributed by atoms with van der Waals surface area (Å²) in [5, 5.41) is 8.59. The topological polar surface area (TPSA) is 38.7 Å². The SMILES string of the molecule is COc1ccc(OCCCCCO)cc1. The first-order valence-corrected chi connectivity index (χ1v) is 5.24. The van der Waals surface area contributed by atoms with E-state index in [-0.39, 0.29) is 6.61 Å². The summed E-state index contributed by atoms with van der Waals surface area (Å²) in [5.74, 6) is 1.70. The Hall–Kier alpha value is -1.22. The standard InChI is InChI=1S/C12H18O3/c1-14-11-5-7-12(8-6-11)15-10-4-2-3-9-13/h5-8,13H,2-4,9-10H2,1H3. The average Bonchev–Trinajstić information content (AvgIpc) is 2.30. The predicted octanol–water partition coefficient (Wildman–Crippen LogP) is 2.24. The van der Waals surface area contributed by atoms with Crippen molar-refractivity contribution in [2.75, 3.05) is 20.3 Å². The average molecular weight is 210 g/mol. The van der Waals surface area contributed by atoms with Gasteiger partial charge in [0.1, 0.15) is 11.5 Å². The van der Waals surface area contributed by atoms with Gasteiger partial charge in [0.2, 0.25) is 0 Å². The van der Waals surface area contributed by atoms with E-state index in [1.807, 2.05) is 24.3 Å². The van der Waals surface area contributed by atoms with E-state index >= 15 is 0 Å². The maximum absolute atomic E-state index is 8.59. The number of hydrogen-bond donors (Lipinski definition) is 1. The summed E-state index contributed by atoms with van der Waals surface area (Å²) < 4.78 is 10.6. The van der Waals surface area contributed by atoms with Crippen LogP contribution in [0.5, 0.6) is 11.5 Å². The van der Waals surface area contributed by atoms with Crippen LogP contribution in [0.15, 0.2) is 24.3 Å². The summed E-state index contributed by atoms with van der Waals surface area (Å²) in [5.41, 5.74) is 0. The Morgan fingerprint density at radius 2 is 1.67 bits per heavy atom. The lowest BCUT2D eigenvalue weighted by atomic mass is 10.2. The minimum atomic E-state index is 0.266. The lowest BCUT2D eigenvalue weighted by Gasteiger charge is -2.06. The molecule has 0 heterocycles. The van der Waals surface area contributed by atoms with Gasteiger partial charge in [0.15, 0.2) is 0 Å². The van der Waals surface area contributed by atoms with Gasteiger partial charge in [-0.15, -0.1) is 0 Å². The normalized spacial score (nSPS) is 10.0. The first kappa shape index (κ1) is 11.9. The van der Waals surface area contributed by atoms with Crippen molar-refractivity contribution >= 4 is 0 Å². The highest BCUT2D eigenvalue weighted by atomic mass is 16.5. The molecule has 1 rings (SSSR count). The number of aliphatic hydroxyl groups excluding tert-OH is 1. The van der Waals surface area contributed by atoms with E-state index in [9.17, 15) is 0 Å². The van der Waals surface area contributed by atoms with Gasteiger partial charge < -0.3 is 14.6 Å². The molecule has 1 N–H and O–H groups in total. The highest BCUT2D eigenvalue weighted by molar-refractivity contribution is 5.30. The minimum absolute atomic E-state index is 0.266. The minimum Gasteiger partial charge on any atom is -0.497 e. The Labute approximate surface area is 90.6 Å². The fourth-order valence-electron chi connectivity index (χ4n) is 1.25. The van der Waals surface area contributed by atoms with Gasteiger partial charge in [-0.1, -0.05) is 0 Å². The van der Waals surface area contributed by atoms with Crippen LogP contribution >= 0.6 is 0 Å². The molecule has 0 radical (unpaired) electrons. The second-order valence-corrected chi connectivity index (χ2v) is 3.31. The lowest BCUT2D eigenvalue weighted by molar-refractivity contribution is 0.266. The van der Waals surface area contributed by atoms with Crippen molar-refractivity contribution in [3.05, 3.63) is 24.3 Å². The molecule has 0 atom stereocenters. The van der Waals surface area contributed by atoms with E-state index in [0.717, 1.165) is 30.8 Å². The number of benzene rings is 1. The van der Waals surface area contributed by atoms with Crippen molar-refractivity contribution in [3.8, 4) is 11.5 Å². The summed E-state index contributed by atoms with van der Waals surface area (Å²) in [6, 6.07) is 7.54. The smallest absolute Gasteiger partial charge is 0.119 e. The zero-order valence-corrected chi connectivity index (χ0v) is 9.11. The van der Waals surface area contributed by atoms with Crippen LogP contribution in [0.25, 0.3) is 0 Å². The molecule has 1 aromatic carbocycles. The number of unbranched alkanes of at least 4 members (excludes halogenated alkanes) is 2. The van der Waals surface area contributed by atoms with E-state index < -0.39 is 0 Å². The molecule has 15 heavy (non-hydrogen) atoms. The van der Waals surface area contributed by atoms with E-state index in [1.165, 1.54) is 0 Å². The molecule has 0 saturated carbocycles. The third kappa shape index (κ3) is 4.70. The summed E-state index contributed by atoms with van der Waals surface area (Å²) in [6.07, 6.45) is 2.84. The Balaban J connectivity index is 2.20. The van der Waals surface area contributed by atoms with E-state index in [1.54, 1.807) is 7.11 Å². The molecular formula is C12H18O3. The number of rotatable bonds is 7. The zero-order valence-electron chi connectivity index (χ0n) is 9.11. The van der Waals surface area contributed by atoms with Crippen LogP contribution in [-0.2, 0) is 0 Å². The molecule has 0 bridgehead atoms. The van der Waals surface area contributed by atoms with Crippen molar-refractivity contribution in [2.45, 2.75) is 19.3 Å². The first-order chi connectivity index (χ1) is 7.36. The van der Waals surface area contributed by atoms with Crippen LogP contribution in [0.4, 0.5) is 0 Å². The van der Waals surface area contributed by atoms with Crippen molar-refractivity contribution in [2.24, 2.45) is 0 Å². The Bertz CT molecular complexity index is 256. The largest absolute Gasteiger partial charge is 0.497 e. The molecule has 1 aromatic rings. The Morgan fingerprint density at radius 1 is 1.00 bits per heavy atom. The zero-order chi connectivity index (χ0) is 10.9. The second-order valence-electron chi connectivity index (χ2n) is 3.31. The van der Waals surface area contributed by atoms with Gasteiger partial charge in [-0.25, -0.2) is 0 Å². The molecule has 0 spiro atoms. The fraction of sp³-hybridized carbons (Fsp3) is 0.500. The second kappa shape index (κ2) is 7.12. The highest BCUT2D eigenvalue weighted by Gasteiger charge is 1.94. The van der Waals surface area contributed by atoms with Gasteiger partial charge in [-0.05, 0) is 43.5 Å². The molecule has 0 aliphatic heterocycles. The first-order valence-electron chi connectivity index (χ1n) is 5.24. The molecule has 0 fully saturated rings. The predicted molar refractivity (Wildman–Crippen MR) is 59.4 cm³/mol. The lowest BCUT2D eigenvalue weighted by Crippen LogP contribution is -1.97. The van der Waals surface area contributed by atoms with Gasteiger partial charge in [-0.3, -0.25) is 0 Å². The summed E-state index contributed by atoms with van der Waals surface area (Å²) in [4.78, 5) is 0. The highest BCUT2D eigenvalue weighted by Crippen LogP contribution is 2.17. The molecule has 0 saturated heterocycles. The van der Waals surface area contributed by atoms with Crippen molar-refractivity contribution in [1.29, 1.82) is 0 Å². The van der Waals surface area contributed by atoms with Gasteiger partial charge in [0.25, 0.3) is 0 Å². The molecule has 0 aliphatic rings. The third-order valence-electron chi connectivity index (χ3n) is 2.13. The van der Waals surface area contributed by atoms with Crippen molar-refractivity contribution in [1.82, 2.24) is 0 Å².